The molecule has 39 heavy (non-hydrogen) atoms. The minimum Gasteiger partial charge on any atom is -0.500 e. The van der Waals surface area contributed by atoms with Gasteiger partial charge >= 0.3 is 17.8 Å². The molecule has 2 aromatic carbocycles. The summed E-state index contributed by atoms with van der Waals surface area (Å²) >= 11 is 1.05. The van der Waals surface area contributed by atoms with Crippen LogP contribution in [0.4, 0.5) is 16.2 Å². The van der Waals surface area contributed by atoms with Gasteiger partial charge in [0.25, 0.3) is 0 Å². The van der Waals surface area contributed by atoms with Crippen molar-refractivity contribution in [3.8, 4) is 22.3 Å². The van der Waals surface area contributed by atoms with Gasteiger partial charge in [0.15, 0.2) is 4.98 Å². The van der Waals surface area contributed by atoms with Crippen LogP contribution in [0.3, 0.4) is 0 Å². The van der Waals surface area contributed by atoms with E-state index in [1.54, 1.807) is 77.3 Å². The van der Waals surface area contributed by atoms with Crippen LogP contribution in [-0.2, 0) is 14.3 Å². The Bertz CT molecular complexity index is 1470. The zero-order valence-corrected chi connectivity index (χ0v) is 22.9. The van der Waals surface area contributed by atoms with E-state index in [0.29, 0.717) is 21.9 Å². The summed E-state index contributed by atoms with van der Waals surface area (Å²) in [6, 6.07) is 16.9. The number of ether oxygens (including phenoxy) is 3. The van der Waals surface area contributed by atoms with E-state index in [0.717, 1.165) is 16.9 Å². The fraction of sp³-hybridized carbons (Fsp3) is 0.250. The molecule has 1 amide bonds. The first-order valence-corrected chi connectivity index (χ1v) is 12.6. The highest BCUT2D eigenvalue weighted by atomic mass is 32.1. The molecule has 0 unspecified atom stereocenters. The normalized spacial score (nSPS) is 11.5. The number of aliphatic hydroxyl groups excluding tert-OH is 1. The molecule has 0 saturated carbocycles. The van der Waals surface area contributed by atoms with Gasteiger partial charge in [-0.1, -0.05) is 0 Å². The number of hydrogen-bond acceptors (Lipinski definition) is 9. The first-order valence-electron chi connectivity index (χ1n) is 11.8. The van der Waals surface area contributed by atoms with Gasteiger partial charge in [-0.15, -0.1) is 11.3 Å². The van der Waals surface area contributed by atoms with E-state index in [1.807, 2.05) is 6.07 Å². The van der Waals surface area contributed by atoms with Crippen molar-refractivity contribution in [2.75, 3.05) is 18.6 Å². The summed E-state index contributed by atoms with van der Waals surface area (Å²) in [7, 11) is 1.55. The SMILES string of the molecule is CCOC(=O)/C([N+]#N)=C(\O)c1sc(-c2ccc(OC)cc2)cc1N(C(=O)OC(C)(C)C)c1ccc(C#N)cc1. The third-order valence-corrected chi connectivity index (χ3v) is 6.35. The largest absolute Gasteiger partial charge is 0.510 e. The summed E-state index contributed by atoms with van der Waals surface area (Å²) in [4.78, 5) is 30.8. The molecule has 0 bridgehead atoms. The van der Waals surface area contributed by atoms with Gasteiger partial charge in [0, 0.05) is 4.88 Å². The van der Waals surface area contributed by atoms with Crippen LogP contribution in [0.1, 0.15) is 38.1 Å². The summed E-state index contributed by atoms with van der Waals surface area (Å²) in [5.41, 5.74) is -0.0268. The number of esters is 1. The van der Waals surface area contributed by atoms with Crippen molar-refractivity contribution in [1.29, 1.82) is 10.7 Å². The van der Waals surface area contributed by atoms with Gasteiger partial charge in [-0.05, 0) is 87.9 Å². The number of amides is 1. The van der Waals surface area contributed by atoms with Crippen LogP contribution in [0.25, 0.3) is 21.2 Å². The fourth-order valence-corrected chi connectivity index (χ4v) is 4.53. The summed E-state index contributed by atoms with van der Waals surface area (Å²) in [5, 5.41) is 30.0. The molecule has 0 atom stereocenters. The number of carbonyl (C=O) groups is 2. The number of hydrogen-bond donors (Lipinski definition) is 1. The Hall–Kier alpha value is -4.87. The Morgan fingerprint density at radius 1 is 1.10 bits per heavy atom. The molecule has 3 rings (SSSR count). The molecule has 0 aliphatic heterocycles. The van der Waals surface area contributed by atoms with Gasteiger partial charge in [0.2, 0.25) is 11.2 Å². The molecule has 0 spiro atoms. The van der Waals surface area contributed by atoms with Crippen molar-refractivity contribution in [3.05, 3.63) is 75.7 Å². The highest BCUT2D eigenvalue weighted by Crippen LogP contribution is 2.44. The van der Waals surface area contributed by atoms with E-state index in [-0.39, 0.29) is 17.2 Å². The topological polar surface area (TPSA) is 137 Å². The van der Waals surface area contributed by atoms with E-state index in [1.165, 1.54) is 17.0 Å². The maximum absolute atomic E-state index is 13.6. The van der Waals surface area contributed by atoms with Gasteiger partial charge in [-0.3, -0.25) is 0 Å². The number of rotatable bonds is 7. The Labute approximate surface area is 229 Å². The highest BCUT2D eigenvalue weighted by Gasteiger charge is 2.37. The van der Waals surface area contributed by atoms with Crippen molar-refractivity contribution >= 4 is 40.5 Å². The van der Waals surface area contributed by atoms with Crippen LogP contribution in [0.15, 0.2) is 60.3 Å². The Kier molecular flexibility index (Phi) is 8.92. The van der Waals surface area contributed by atoms with Crippen LogP contribution in [0.2, 0.25) is 0 Å². The summed E-state index contributed by atoms with van der Waals surface area (Å²) in [6.07, 6.45) is -0.779. The summed E-state index contributed by atoms with van der Waals surface area (Å²) in [5.74, 6) is -1.11. The fourth-order valence-electron chi connectivity index (χ4n) is 3.44. The Balaban J connectivity index is 2.32. The second-order valence-electron chi connectivity index (χ2n) is 9.05. The zero-order valence-electron chi connectivity index (χ0n) is 22.1. The quantitative estimate of drug-likeness (QED) is 0.144. The number of carbonyl (C=O) groups excluding carboxylic acids is 2. The number of methoxy groups -OCH3 is 1. The van der Waals surface area contributed by atoms with Gasteiger partial charge in [0.05, 0.1) is 36.7 Å². The van der Waals surface area contributed by atoms with Crippen molar-refractivity contribution in [1.82, 2.24) is 0 Å². The van der Waals surface area contributed by atoms with E-state index in [2.05, 4.69) is 4.98 Å². The van der Waals surface area contributed by atoms with Crippen LogP contribution in [0.5, 0.6) is 5.75 Å². The minimum absolute atomic E-state index is 0.0190. The molecule has 0 fully saturated rings. The van der Waals surface area contributed by atoms with E-state index in [4.69, 9.17) is 14.2 Å². The number of anilines is 2. The number of diazo groups is 1. The van der Waals surface area contributed by atoms with Crippen molar-refractivity contribution < 1.29 is 28.9 Å². The molecule has 0 aliphatic carbocycles. The first kappa shape index (κ1) is 28.7. The lowest BCUT2D eigenvalue weighted by Crippen LogP contribution is -2.34. The van der Waals surface area contributed by atoms with Crippen molar-refractivity contribution in [3.63, 3.8) is 0 Å². The van der Waals surface area contributed by atoms with Crippen molar-refractivity contribution in [2.45, 2.75) is 33.3 Å². The zero-order chi connectivity index (χ0) is 28.7. The molecule has 3 aromatic rings. The van der Waals surface area contributed by atoms with Crippen LogP contribution in [0, 0.1) is 16.7 Å². The standard InChI is InChI=1S/C28H26N4O6S/c1-6-37-26(34)23(31-30)24(33)25-21(15-22(39-25)18-9-13-20(36-5)14-10-18)32(27(35)38-28(2,3)4)19-11-7-17(16-29)8-12-19/h7-15H,6H2,1-5H3/p+1. The molecular formula is C28H27N4O6S+. The minimum atomic E-state index is -1.05. The maximum atomic E-state index is 13.6. The smallest absolute Gasteiger partial charge is 0.500 e. The summed E-state index contributed by atoms with van der Waals surface area (Å²) in [6.45, 7) is 6.67. The third-order valence-electron chi connectivity index (χ3n) is 5.17. The lowest BCUT2D eigenvalue weighted by atomic mass is 10.1. The number of thiophene rings is 1. The van der Waals surface area contributed by atoms with E-state index >= 15 is 0 Å². The van der Waals surface area contributed by atoms with Crippen LogP contribution >= 0.6 is 11.3 Å². The first-order chi connectivity index (χ1) is 18.5. The molecule has 11 heteroatoms. The predicted molar refractivity (Wildman–Crippen MR) is 147 cm³/mol. The van der Waals surface area contributed by atoms with E-state index in [9.17, 15) is 25.4 Å². The second kappa shape index (κ2) is 12.1. The molecule has 1 aromatic heterocycles. The van der Waals surface area contributed by atoms with Crippen LogP contribution < -0.4 is 9.64 Å². The van der Waals surface area contributed by atoms with Crippen LogP contribution in [-0.4, -0.2) is 36.5 Å². The van der Waals surface area contributed by atoms with Crippen molar-refractivity contribution in [2.24, 2.45) is 0 Å². The second-order valence-corrected chi connectivity index (χ2v) is 10.1. The van der Waals surface area contributed by atoms with Gasteiger partial charge in [0.1, 0.15) is 16.2 Å². The predicted octanol–water partition coefficient (Wildman–Crippen LogP) is 7.01. The molecule has 1 N–H and O–H groups in total. The molecular weight excluding hydrogens is 520 g/mol. The lowest BCUT2D eigenvalue weighted by molar-refractivity contribution is -0.138. The van der Waals surface area contributed by atoms with Gasteiger partial charge in [-0.25, -0.2) is 14.5 Å². The average Bonchev–Trinajstić information content (AvgIpc) is 3.33. The number of nitriles is 1. The molecule has 1 heterocycles. The Morgan fingerprint density at radius 3 is 2.26 bits per heavy atom. The molecule has 0 radical (unpaired) electrons. The highest BCUT2D eigenvalue weighted by molar-refractivity contribution is 7.17. The Morgan fingerprint density at radius 2 is 1.74 bits per heavy atom. The number of nitrogens with zero attached hydrogens (tertiary/aromatic N) is 4. The maximum Gasteiger partial charge on any atom is 0.510 e. The molecule has 10 nitrogen and oxygen atoms in total. The molecule has 0 saturated heterocycles. The average molecular weight is 548 g/mol. The van der Waals surface area contributed by atoms with Gasteiger partial charge < -0.3 is 19.3 Å². The third kappa shape index (κ3) is 6.72. The number of benzene rings is 2. The summed E-state index contributed by atoms with van der Waals surface area (Å²) < 4.78 is 15.8. The molecule has 0 aliphatic rings. The molecule has 200 valence electrons. The van der Waals surface area contributed by atoms with Gasteiger partial charge in [-0.2, -0.15) is 5.26 Å². The van der Waals surface area contributed by atoms with E-state index < -0.39 is 29.1 Å². The number of aliphatic hydroxyl groups is 1. The lowest BCUT2D eigenvalue weighted by Gasteiger charge is -2.27. The monoisotopic (exact) mass is 547 g/mol.